The topological polar surface area (TPSA) is 157 Å². The second kappa shape index (κ2) is 13.9. The maximum atomic E-state index is 13.8. The van der Waals surface area contributed by atoms with Gasteiger partial charge in [0.15, 0.2) is 0 Å². The van der Waals surface area contributed by atoms with Crippen LogP contribution < -0.4 is 28.0 Å². The van der Waals surface area contributed by atoms with E-state index in [1.807, 2.05) is 19.0 Å². The van der Waals surface area contributed by atoms with E-state index in [9.17, 15) is 27.6 Å². The van der Waals surface area contributed by atoms with Crippen molar-refractivity contribution in [3.05, 3.63) is 64.2 Å². The Morgan fingerprint density at radius 2 is 1.67 bits per heavy atom. The number of benzene rings is 2. The second-order valence-corrected chi connectivity index (χ2v) is 11.0. The second-order valence-electron chi connectivity index (χ2n) is 11.0. The fourth-order valence-electron chi connectivity index (χ4n) is 5.49. The van der Waals surface area contributed by atoms with E-state index in [1.54, 1.807) is 4.90 Å². The van der Waals surface area contributed by atoms with Gasteiger partial charge in [-0.2, -0.15) is 13.2 Å². The summed E-state index contributed by atoms with van der Waals surface area (Å²) in [6.45, 7) is 4.27. The number of halogens is 3. The van der Waals surface area contributed by atoms with E-state index in [0.29, 0.717) is 38.3 Å². The number of hydrogen-bond donors (Lipinski definition) is 4. The molecule has 232 valence electrons. The third-order valence-corrected chi connectivity index (χ3v) is 7.91. The van der Waals surface area contributed by atoms with Gasteiger partial charge in [0.2, 0.25) is 17.7 Å². The average molecular weight is 602 g/mol. The number of nitrogens with two attached hydrogens (primary N) is 3. The molecule has 0 aromatic heterocycles. The highest BCUT2D eigenvalue weighted by molar-refractivity contribution is 6.67. The number of fused-ring (bicyclic) bond motifs is 2. The molecule has 43 heavy (non-hydrogen) atoms. The Morgan fingerprint density at radius 1 is 1.05 bits per heavy atom. The van der Waals surface area contributed by atoms with Crippen LogP contribution in [0.5, 0.6) is 0 Å². The molecule has 4 rings (SSSR count). The molecule has 2 aromatic rings. The fourth-order valence-corrected chi connectivity index (χ4v) is 5.49. The fraction of sp³-hybridized carbons (Fsp3) is 0.483. The van der Waals surface area contributed by atoms with Gasteiger partial charge in [-0.05, 0) is 46.3 Å². The summed E-state index contributed by atoms with van der Waals surface area (Å²) in [7, 11) is 0. The van der Waals surface area contributed by atoms with Gasteiger partial charge in [-0.1, -0.05) is 31.1 Å². The van der Waals surface area contributed by atoms with E-state index in [4.69, 9.17) is 21.9 Å². The SMILES string of the molecule is CB1OCc2cc3c(cc21)CN(C(=O)[C@@H](Cc1ccc(C(F)(F)F)cc1)NC(=O)[C@@H](N)CCC(=O)N(CCN)CCN)C3. The zero-order valence-corrected chi connectivity index (χ0v) is 24.2. The first-order valence-electron chi connectivity index (χ1n) is 14.4. The van der Waals surface area contributed by atoms with Crippen molar-refractivity contribution in [2.24, 2.45) is 17.2 Å². The Kier molecular flexibility index (Phi) is 10.5. The maximum absolute atomic E-state index is 13.8. The summed E-state index contributed by atoms with van der Waals surface area (Å²) in [5.41, 5.74) is 21.0. The van der Waals surface area contributed by atoms with Crippen molar-refractivity contribution in [2.45, 2.75) is 64.0 Å². The van der Waals surface area contributed by atoms with Crippen molar-refractivity contribution in [1.29, 1.82) is 0 Å². The summed E-state index contributed by atoms with van der Waals surface area (Å²) < 4.78 is 45.0. The molecule has 0 radical (unpaired) electrons. The monoisotopic (exact) mass is 602 g/mol. The molecule has 0 unspecified atom stereocenters. The first-order valence-corrected chi connectivity index (χ1v) is 14.4. The summed E-state index contributed by atoms with van der Waals surface area (Å²) >= 11 is 0. The van der Waals surface area contributed by atoms with Gasteiger partial charge in [-0.15, -0.1) is 0 Å². The molecule has 2 aliphatic heterocycles. The van der Waals surface area contributed by atoms with Crippen molar-refractivity contribution >= 4 is 30.1 Å². The largest absolute Gasteiger partial charge is 0.427 e. The molecule has 7 N–H and O–H groups in total. The van der Waals surface area contributed by atoms with E-state index >= 15 is 0 Å². The van der Waals surface area contributed by atoms with E-state index < -0.39 is 29.7 Å². The van der Waals surface area contributed by atoms with Gasteiger partial charge in [-0.25, -0.2) is 0 Å². The minimum atomic E-state index is -4.50. The van der Waals surface area contributed by atoms with Gasteiger partial charge < -0.3 is 37.0 Å². The smallest absolute Gasteiger partial charge is 0.416 e. The number of amides is 3. The highest BCUT2D eigenvalue weighted by Crippen LogP contribution is 2.30. The molecule has 0 bridgehead atoms. The van der Waals surface area contributed by atoms with Crippen LogP contribution in [0, 0.1) is 0 Å². The lowest BCUT2D eigenvalue weighted by molar-refractivity contribution is -0.138. The average Bonchev–Trinajstić information content (AvgIpc) is 3.55. The van der Waals surface area contributed by atoms with Gasteiger partial charge in [-0.3, -0.25) is 14.4 Å². The summed E-state index contributed by atoms with van der Waals surface area (Å²) in [6.07, 6.45) is -4.53. The van der Waals surface area contributed by atoms with Crippen molar-refractivity contribution in [2.75, 3.05) is 26.2 Å². The Balaban J connectivity index is 1.47. The summed E-state index contributed by atoms with van der Waals surface area (Å²) in [5, 5.41) is 2.71. The molecule has 2 aliphatic rings. The van der Waals surface area contributed by atoms with Crippen LogP contribution in [0.15, 0.2) is 36.4 Å². The minimum absolute atomic E-state index is 0.0135. The minimum Gasteiger partial charge on any atom is -0.427 e. The van der Waals surface area contributed by atoms with Crippen molar-refractivity contribution in [3.63, 3.8) is 0 Å². The normalized spacial score (nSPS) is 15.6. The number of rotatable bonds is 12. The van der Waals surface area contributed by atoms with E-state index in [-0.39, 0.29) is 51.1 Å². The molecule has 0 fully saturated rings. The highest BCUT2D eigenvalue weighted by Gasteiger charge is 2.34. The van der Waals surface area contributed by atoms with Gasteiger partial charge in [0.05, 0.1) is 18.2 Å². The number of carbonyl (C=O) groups excluding carboxylic acids is 3. The molecule has 3 amide bonds. The third kappa shape index (κ3) is 7.93. The van der Waals surface area contributed by atoms with E-state index in [2.05, 4.69) is 5.32 Å². The standard InChI is InChI=1S/C29H38BF3N6O4/c1-30-23-14-20-16-39(15-19(20)13-21(23)17-43-30)28(42)25(12-18-2-4-22(5-3-18)29(31,32)33)37-27(41)24(36)6-7-26(40)38(10-8-34)11-9-35/h2-5,13-14,24-25H,6-12,15-17,34-36H2,1H3,(H,37,41)/t24-,25+/m0/s1. The van der Waals surface area contributed by atoms with Crippen LogP contribution in [0.1, 0.15) is 40.7 Å². The molecule has 0 saturated carbocycles. The van der Waals surface area contributed by atoms with Crippen LogP contribution in [0.2, 0.25) is 6.82 Å². The summed E-state index contributed by atoms with van der Waals surface area (Å²) in [5.74, 6) is -1.25. The van der Waals surface area contributed by atoms with Crippen LogP contribution in [-0.2, 0) is 51.3 Å². The molecule has 2 heterocycles. The van der Waals surface area contributed by atoms with Crippen LogP contribution in [0.4, 0.5) is 13.2 Å². The molecule has 14 heteroatoms. The Morgan fingerprint density at radius 3 is 2.28 bits per heavy atom. The molecule has 0 saturated heterocycles. The van der Waals surface area contributed by atoms with Gasteiger partial charge in [0.25, 0.3) is 0 Å². The predicted octanol–water partition coefficient (Wildman–Crippen LogP) is 0.487. The number of nitrogens with zero attached hydrogens (tertiary/aromatic N) is 2. The zero-order chi connectivity index (χ0) is 31.3. The molecule has 2 atom stereocenters. The lowest BCUT2D eigenvalue weighted by atomic mass is 9.64. The van der Waals surface area contributed by atoms with Crippen molar-refractivity contribution < 1.29 is 32.2 Å². The predicted molar refractivity (Wildman–Crippen MR) is 156 cm³/mol. The van der Waals surface area contributed by atoms with Crippen LogP contribution in [-0.4, -0.2) is 72.7 Å². The van der Waals surface area contributed by atoms with Gasteiger partial charge >= 0.3 is 13.1 Å². The number of alkyl halides is 3. The van der Waals surface area contributed by atoms with E-state index in [0.717, 1.165) is 34.3 Å². The first-order chi connectivity index (χ1) is 20.4. The van der Waals surface area contributed by atoms with Crippen molar-refractivity contribution in [1.82, 2.24) is 15.1 Å². The number of nitrogens with one attached hydrogen (secondary N) is 1. The van der Waals surface area contributed by atoms with E-state index in [1.165, 1.54) is 17.0 Å². The quantitative estimate of drug-likeness (QED) is 0.258. The van der Waals surface area contributed by atoms with Gasteiger partial charge in [0.1, 0.15) is 6.04 Å². The molecular formula is C29H38BF3N6O4. The Labute approximate surface area is 249 Å². The van der Waals surface area contributed by atoms with Crippen molar-refractivity contribution in [3.8, 4) is 0 Å². The lowest BCUT2D eigenvalue weighted by Gasteiger charge is -2.26. The highest BCUT2D eigenvalue weighted by atomic mass is 19.4. The zero-order valence-electron chi connectivity index (χ0n) is 24.2. The number of carbonyl (C=O) groups is 3. The maximum Gasteiger partial charge on any atom is 0.416 e. The Bertz CT molecular complexity index is 1320. The van der Waals surface area contributed by atoms with Crippen LogP contribution in [0.3, 0.4) is 0 Å². The van der Waals surface area contributed by atoms with Crippen LogP contribution >= 0.6 is 0 Å². The summed E-state index contributed by atoms with van der Waals surface area (Å²) in [6, 6.07) is 6.39. The first kappa shape index (κ1) is 32.5. The summed E-state index contributed by atoms with van der Waals surface area (Å²) in [4.78, 5) is 42.6. The molecular weight excluding hydrogens is 564 g/mol. The lowest BCUT2D eigenvalue weighted by Crippen LogP contribution is -2.52. The Hall–Kier alpha value is -3.46. The molecule has 0 aliphatic carbocycles. The molecule has 10 nitrogen and oxygen atoms in total. The molecule has 0 spiro atoms. The number of hydrogen-bond acceptors (Lipinski definition) is 7. The van der Waals surface area contributed by atoms with Crippen LogP contribution in [0.25, 0.3) is 0 Å². The third-order valence-electron chi connectivity index (χ3n) is 7.91. The molecule has 2 aromatic carbocycles. The van der Waals surface area contributed by atoms with Gasteiger partial charge in [0, 0.05) is 52.1 Å².